The Kier molecular flexibility index (Phi) is 11.8. The lowest BCUT2D eigenvalue weighted by molar-refractivity contribution is -0.134. The molecule has 0 bridgehead atoms. The summed E-state index contributed by atoms with van der Waals surface area (Å²) in [4.78, 5) is 51.7. The summed E-state index contributed by atoms with van der Waals surface area (Å²) < 4.78 is 19.4. The molecule has 7 heterocycles. The normalized spacial score (nSPS) is 22.5. The first-order valence-corrected chi connectivity index (χ1v) is 22.6. The highest BCUT2D eigenvalue weighted by Gasteiger charge is 2.40. The van der Waals surface area contributed by atoms with Crippen LogP contribution in [-0.2, 0) is 14.4 Å². The number of aromatic nitrogens is 6. The Morgan fingerprint density at radius 3 is 2.37 bits per heavy atom. The Morgan fingerprint density at radius 1 is 0.903 bits per heavy atom. The van der Waals surface area contributed by atoms with E-state index in [9.17, 15) is 14.4 Å². The third-order valence-corrected chi connectivity index (χ3v) is 14.0. The van der Waals surface area contributed by atoms with Gasteiger partial charge in [0, 0.05) is 60.8 Å². The summed E-state index contributed by atoms with van der Waals surface area (Å²) in [5.41, 5.74) is 5.34. The minimum Gasteiger partial charge on any atom is -0.374 e. The number of carbonyl (C=O) groups is 3. The molecule has 4 aromatic heterocycles. The highest BCUT2D eigenvalue weighted by atomic mass is 19.1. The van der Waals surface area contributed by atoms with Gasteiger partial charge in [-0.1, -0.05) is 13.0 Å². The predicted octanol–water partition coefficient (Wildman–Crippen LogP) is 6.90. The Balaban J connectivity index is 0.793. The SMILES string of the molecule is CCC1(C(=O)NC(C)C)CCN(c2ccc(-c3nc(-c4cnn(C5CCC(N6CCC(c7ccc(N[C@@H]8CCC(=O)NC8=O)cc7F)CC6)CC5)c4)cn4nccc34)cn2)CC1. The average molecular weight is 844 g/mol. The fourth-order valence-corrected chi connectivity index (χ4v) is 10.2. The van der Waals surface area contributed by atoms with Gasteiger partial charge in [-0.3, -0.25) is 24.4 Å². The zero-order valence-corrected chi connectivity index (χ0v) is 36.0. The van der Waals surface area contributed by atoms with Crippen LogP contribution in [0.4, 0.5) is 15.9 Å². The van der Waals surface area contributed by atoms with Crippen molar-refractivity contribution in [1.29, 1.82) is 0 Å². The molecule has 3 aliphatic heterocycles. The molecule has 9 rings (SSSR count). The zero-order valence-electron chi connectivity index (χ0n) is 36.0. The maximum absolute atomic E-state index is 15.4. The van der Waals surface area contributed by atoms with Crippen molar-refractivity contribution in [3.05, 3.63) is 78.8 Å². The van der Waals surface area contributed by atoms with Gasteiger partial charge in [0.15, 0.2) is 0 Å². The maximum Gasteiger partial charge on any atom is 0.249 e. The molecule has 62 heavy (non-hydrogen) atoms. The van der Waals surface area contributed by atoms with Gasteiger partial charge in [0.25, 0.3) is 0 Å². The molecule has 1 saturated carbocycles. The number of nitrogens with zero attached hydrogens (tertiary/aromatic N) is 8. The van der Waals surface area contributed by atoms with Crippen molar-refractivity contribution in [3.63, 3.8) is 0 Å². The highest BCUT2D eigenvalue weighted by molar-refractivity contribution is 6.01. The first kappa shape index (κ1) is 41.6. The van der Waals surface area contributed by atoms with Crippen molar-refractivity contribution in [2.75, 3.05) is 36.4 Å². The summed E-state index contributed by atoms with van der Waals surface area (Å²) in [6.45, 7) is 9.60. The standard InChI is InChI=1S/C47H58FN11O3/c1-4-47(46(62)52-30(2)3)18-23-57(24-19-47)42-13-5-32(26-49-42)44-41-15-20-50-59(41)29-40(54-44)33-27-51-58(28-33)36-9-7-35(8-10-36)56-21-16-31(17-22-56)37-11-6-34(25-38(37)48)53-39-12-14-43(60)55-45(39)61/h5-6,11,13,15,20,25-31,35-36,39,53H,4,7-10,12,14,16-19,21-24H2,1-3H3,(H,52,62)(H,55,60,61)/t35?,36?,39-/m1/s1. The first-order valence-electron chi connectivity index (χ1n) is 22.6. The van der Waals surface area contributed by atoms with E-state index in [1.165, 1.54) is 6.07 Å². The van der Waals surface area contributed by atoms with Crippen LogP contribution in [0.3, 0.4) is 0 Å². The van der Waals surface area contributed by atoms with E-state index in [1.54, 1.807) is 6.20 Å². The van der Waals surface area contributed by atoms with Crippen LogP contribution in [0.2, 0.25) is 0 Å². The van der Waals surface area contributed by atoms with E-state index in [1.807, 2.05) is 55.2 Å². The lowest BCUT2D eigenvalue weighted by atomic mass is 9.75. The van der Waals surface area contributed by atoms with E-state index in [4.69, 9.17) is 15.1 Å². The third kappa shape index (κ3) is 8.55. The summed E-state index contributed by atoms with van der Waals surface area (Å²) in [7, 11) is 0. The molecule has 4 fully saturated rings. The van der Waals surface area contributed by atoms with Gasteiger partial charge in [-0.25, -0.2) is 18.9 Å². The molecular weight excluding hydrogens is 786 g/mol. The number of benzene rings is 1. The number of likely N-dealkylation sites (tertiary alicyclic amines) is 1. The number of hydrogen-bond donors (Lipinski definition) is 3. The van der Waals surface area contributed by atoms with Gasteiger partial charge in [-0.2, -0.15) is 10.2 Å². The fraction of sp³-hybridized carbons (Fsp3) is 0.511. The molecule has 3 N–H and O–H groups in total. The zero-order chi connectivity index (χ0) is 43.0. The fourth-order valence-electron chi connectivity index (χ4n) is 10.2. The number of carbonyl (C=O) groups excluding carboxylic acids is 3. The molecule has 3 saturated heterocycles. The van der Waals surface area contributed by atoms with Crippen LogP contribution in [0.25, 0.3) is 28.0 Å². The second-order valence-electron chi connectivity index (χ2n) is 18.2. The summed E-state index contributed by atoms with van der Waals surface area (Å²) in [5.74, 6) is 0.357. The Morgan fingerprint density at radius 2 is 1.68 bits per heavy atom. The van der Waals surface area contributed by atoms with Crippen molar-refractivity contribution in [1.82, 2.24) is 44.9 Å². The van der Waals surface area contributed by atoms with Crippen LogP contribution in [-0.4, -0.2) is 96.3 Å². The van der Waals surface area contributed by atoms with Crippen molar-refractivity contribution < 1.29 is 18.8 Å². The van der Waals surface area contributed by atoms with Crippen LogP contribution >= 0.6 is 0 Å². The predicted molar refractivity (Wildman–Crippen MR) is 236 cm³/mol. The molecule has 0 radical (unpaired) electrons. The minimum absolute atomic E-state index is 0.130. The van der Waals surface area contributed by atoms with E-state index >= 15 is 4.39 Å². The van der Waals surface area contributed by atoms with E-state index in [2.05, 4.69) is 60.8 Å². The lowest BCUT2D eigenvalue weighted by Crippen LogP contribution is -2.50. The topological polar surface area (TPSA) is 155 Å². The number of pyridine rings is 1. The van der Waals surface area contributed by atoms with Gasteiger partial charge < -0.3 is 20.4 Å². The highest BCUT2D eigenvalue weighted by Crippen LogP contribution is 2.39. The number of amides is 3. The average Bonchev–Trinajstić information content (AvgIpc) is 3.98. The molecular formula is C47H58FN11O3. The van der Waals surface area contributed by atoms with Gasteiger partial charge in [0.05, 0.1) is 47.0 Å². The quantitative estimate of drug-likeness (QED) is 0.120. The van der Waals surface area contributed by atoms with Gasteiger partial charge in [-0.05, 0) is 133 Å². The number of anilines is 2. The molecule has 5 aromatic rings. The smallest absolute Gasteiger partial charge is 0.249 e. The van der Waals surface area contributed by atoms with Crippen LogP contribution < -0.4 is 20.9 Å². The second-order valence-corrected chi connectivity index (χ2v) is 18.2. The summed E-state index contributed by atoms with van der Waals surface area (Å²) in [6, 6.07) is 11.7. The van der Waals surface area contributed by atoms with E-state index in [0.29, 0.717) is 24.2 Å². The van der Waals surface area contributed by atoms with Crippen molar-refractivity contribution in [2.24, 2.45) is 5.41 Å². The first-order chi connectivity index (χ1) is 30.1. The number of nitrogens with one attached hydrogen (secondary N) is 3. The summed E-state index contributed by atoms with van der Waals surface area (Å²) >= 11 is 0. The van der Waals surface area contributed by atoms with Gasteiger partial charge in [0.1, 0.15) is 17.7 Å². The molecule has 14 nitrogen and oxygen atoms in total. The van der Waals surface area contributed by atoms with Crippen LogP contribution in [0, 0.1) is 11.2 Å². The largest absolute Gasteiger partial charge is 0.374 e. The third-order valence-electron chi connectivity index (χ3n) is 14.0. The van der Waals surface area contributed by atoms with Gasteiger partial charge in [0.2, 0.25) is 17.7 Å². The van der Waals surface area contributed by atoms with Crippen LogP contribution in [0.5, 0.6) is 0 Å². The van der Waals surface area contributed by atoms with Crippen molar-refractivity contribution in [2.45, 2.75) is 121 Å². The Hall–Kier alpha value is -5.70. The summed E-state index contributed by atoms with van der Waals surface area (Å²) in [6.07, 6.45) is 18.9. The second kappa shape index (κ2) is 17.6. The number of hydrogen-bond acceptors (Lipinski definition) is 10. The maximum atomic E-state index is 15.4. The van der Waals surface area contributed by atoms with Crippen LogP contribution in [0.1, 0.15) is 109 Å². The van der Waals surface area contributed by atoms with Crippen molar-refractivity contribution >= 4 is 34.7 Å². The molecule has 4 aliphatic rings. The number of fused-ring (bicyclic) bond motifs is 1. The monoisotopic (exact) mass is 843 g/mol. The molecule has 1 atom stereocenters. The number of piperidine rings is 3. The van der Waals surface area contributed by atoms with E-state index in [0.717, 1.165) is 123 Å². The number of rotatable bonds is 11. The molecule has 0 spiro atoms. The molecule has 1 aliphatic carbocycles. The Bertz CT molecular complexity index is 2400. The number of imide groups is 1. The molecule has 1 aromatic carbocycles. The van der Waals surface area contributed by atoms with Gasteiger partial charge >= 0.3 is 0 Å². The molecule has 0 unspecified atom stereocenters. The van der Waals surface area contributed by atoms with E-state index < -0.39 is 6.04 Å². The molecule has 3 amide bonds. The number of halogens is 1. The molecule has 326 valence electrons. The van der Waals surface area contributed by atoms with Gasteiger partial charge in [-0.15, -0.1) is 0 Å². The van der Waals surface area contributed by atoms with Crippen LogP contribution in [0.15, 0.2) is 67.4 Å². The lowest BCUT2D eigenvalue weighted by Gasteiger charge is -2.41. The summed E-state index contributed by atoms with van der Waals surface area (Å²) in [5, 5.41) is 18.0. The van der Waals surface area contributed by atoms with E-state index in [-0.39, 0.29) is 47.3 Å². The molecule has 15 heteroatoms. The Labute approximate surface area is 362 Å². The minimum atomic E-state index is -0.537. The van der Waals surface area contributed by atoms with Crippen molar-refractivity contribution in [3.8, 4) is 22.5 Å².